The smallest absolute Gasteiger partial charge is 0.254 e. The number of fused-ring (bicyclic) bond motifs is 1. The van der Waals surface area contributed by atoms with Gasteiger partial charge in [-0.3, -0.25) is 14.3 Å². The molecule has 2 fully saturated rings. The topological polar surface area (TPSA) is 77.3 Å². The van der Waals surface area contributed by atoms with Crippen molar-refractivity contribution in [1.29, 1.82) is 0 Å². The van der Waals surface area contributed by atoms with Crippen molar-refractivity contribution in [3.05, 3.63) is 52.8 Å². The number of pyridine rings is 1. The number of Topliss-reactive ketones (excluding diaryl/α,β-unsaturated/α-hetero) is 1. The number of carbonyl (C=O) groups excluding carboxylic acids is 2. The normalized spacial score (nSPS) is 17.0. The highest BCUT2D eigenvalue weighted by molar-refractivity contribution is 6.06. The molecule has 1 amide bonds. The highest BCUT2D eigenvalue weighted by Gasteiger charge is 2.32. The van der Waals surface area contributed by atoms with Crippen LogP contribution in [0, 0.1) is 12.8 Å². The van der Waals surface area contributed by atoms with Crippen LogP contribution >= 0.6 is 0 Å². The second-order valence-electron chi connectivity index (χ2n) is 8.94. The van der Waals surface area contributed by atoms with Crippen molar-refractivity contribution < 1.29 is 14.3 Å². The minimum absolute atomic E-state index is 0.0192. The van der Waals surface area contributed by atoms with E-state index in [1.165, 1.54) is 0 Å². The van der Waals surface area contributed by atoms with E-state index in [9.17, 15) is 9.59 Å². The van der Waals surface area contributed by atoms with Crippen molar-refractivity contribution in [2.24, 2.45) is 13.0 Å². The molecule has 0 atom stereocenters. The van der Waals surface area contributed by atoms with Crippen molar-refractivity contribution >= 4 is 22.7 Å². The van der Waals surface area contributed by atoms with Gasteiger partial charge in [0.2, 0.25) is 0 Å². The maximum atomic E-state index is 13.5. The van der Waals surface area contributed by atoms with Gasteiger partial charge < -0.3 is 9.64 Å². The van der Waals surface area contributed by atoms with Crippen LogP contribution in [0.1, 0.15) is 63.7 Å². The van der Waals surface area contributed by atoms with E-state index < -0.39 is 0 Å². The number of ketones is 1. The van der Waals surface area contributed by atoms with Crippen molar-refractivity contribution in [2.75, 3.05) is 20.2 Å². The average molecular weight is 433 g/mol. The molecule has 0 unspecified atom stereocenters. The largest absolute Gasteiger partial charge is 0.497 e. The first-order chi connectivity index (χ1) is 15.5. The van der Waals surface area contributed by atoms with Crippen LogP contribution in [0.25, 0.3) is 11.0 Å². The Bertz CT molecular complexity index is 1190. The van der Waals surface area contributed by atoms with Gasteiger partial charge in [0.1, 0.15) is 5.75 Å². The summed E-state index contributed by atoms with van der Waals surface area (Å²) in [7, 11) is 3.49. The molecule has 166 valence electrons. The minimum atomic E-state index is -0.0629. The van der Waals surface area contributed by atoms with Gasteiger partial charge in [-0.15, -0.1) is 0 Å². The van der Waals surface area contributed by atoms with Gasteiger partial charge >= 0.3 is 0 Å². The van der Waals surface area contributed by atoms with E-state index in [-0.39, 0.29) is 17.6 Å². The first-order valence-electron chi connectivity index (χ1n) is 11.3. The Hall–Kier alpha value is -3.22. The van der Waals surface area contributed by atoms with Gasteiger partial charge in [0.25, 0.3) is 5.91 Å². The molecule has 32 heavy (non-hydrogen) atoms. The van der Waals surface area contributed by atoms with Gasteiger partial charge in [0.05, 0.1) is 23.8 Å². The lowest BCUT2D eigenvalue weighted by atomic mass is 9.88. The number of amides is 1. The highest BCUT2D eigenvalue weighted by atomic mass is 16.5. The molecule has 0 bridgehead atoms. The minimum Gasteiger partial charge on any atom is -0.497 e. The summed E-state index contributed by atoms with van der Waals surface area (Å²) >= 11 is 0. The van der Waals surface area contributed by atoms with Crippen molar-refractivity contribution in [2.45, 2.75) is 38.5 Å². The molecule has 1 aliphatic carbocycles. The molecule has 3 heterocycles. The summed E-state index contributed by atoms with van der Waals surface area (Å²) in [6.45, 7) is 3.08. The predicted molar refractivity (Wildman–Crippen MR) is 121 cm³/mol. The van der Waals surface area contributed by atoms with E-state index >= 15 is 0 Å². The Morgan fingerprint density at radius 2 is 1.75 bits per heavy atom. The fraction of sp³-hybridized carbons (Fsp3) is 0.440. The number of benzene rings is 1. The summed E-state index contributed by atoms with van der Waals surface area (Å²) in [5, 5.41) is 5.36. The zero-order valence-corrected chi connectivity index (χ0v) is 18.8. The number of ether oxygens (including phenoxy) is 1. The van der Waals surface area contributed by atoms with Crippen molar-refractivity contribution in [1.82, 2.24) is 19.7 Å². The van der Waals surface area contributed by atoms with Crippen LogP contribution in [-0.2, 0) is 7.05 Å². The van der Waals surface area contributed by atoms with Gasteiger partial charge in [-0.25, -0.2) is 4.98 Å². The lowest BCUT2D eigenvalue weighted by Gasteiger charge is -2.31. The number of carbonyl (C=O) groups is 2. The van der Waals surface area contributed by atoms with Crippen molar-refractivity contribution in [3.8, 4) is 5.75 Å². The van der Waals surface area contributed by atoms with Crippen LogP contribution in [-0.4, -0.2) is 51.6 Å². The molecule has 1 aromatic carbocycles. The fourth-order valence-corrected chi connectivity index (χ4v) is 4.73. The zero-order chi connectivity index (χ0) is 22.4. The second-order valence-corrected chi connectivity index (χ2v) is 8.94. The van der Waals surface area contributed by atoms with Crippen LogP contribution in [0.5, 0.6) is 5.75 Å². The highest BCUT2D eigenvalue weighted by Crippen LogP contribution is 2.40. The number of aryl methyl sites for hydroxylation is 2. The quantitative estimate of drug-likeness (QED) is 0.572. The van der Waals surface area contributed by atoms with Crippen LogP contribution < -0.4 is 4.74 Å². The molecule has 2 aromatic heterocycles. The SMILES string of the molecule is COc1ccc(C(=O)C2CCN(C(=O)c3cc(C4CC4)nc4c3c(C)nn4C)CC2)cc1. The molecule has 1 saturated carbocycles. The summed E-state index contributed by atoms with van der Waals surface area (Å²) in [6, 6.07) is 9.24. The number of hydrogen-bond acceptors (Lipinski definition) is 5. The molecule has 0 spiro atoms. The van der Waals surface area contributed by atoms with E-state index in [1.54, 1.807) is 11.8 Å². The van der Waals surface area contributed by atoms with Gasteiger partial charge in [-0.1, -0.05) is 0 Å². The van der Waals surface area contributed by atoms with Gasteiger partial charge in [0, 0.05) is 43.2 Å². The first-order valence-corrected chi connectivity index (χ1v) is 11.3. The van der Waals surface area contributed by atoms with Crippen LogP contribution in [0.4, 0.5) is 0 Å². The van der Waals surface area contributed by atoms with Gasteiger partial charge in [-0.2, -0.15) is 5.10 Å². The zero-order valence-electron chi connectivity index (χ0n) is 18.8. The molecule has 0 N–H and O–H groups in total. The third-order valence-corrected chi connectivity index (χ3v) is 6.74. The van der Waals surface area contributed by atoms with E-state index in [2.05, 4.69) is 5.10 Å². The summed E-state index contributed by atoms with van der Waals surface area (Å²) in [6.07, 6.45) is 3.60. The van der Waals surface area contributed by atoms with Gasteiger partial charge in [-0.05, 0) is 62.9 Å². The average Bonchev–Trinajstić information content (AvgIpc) is 3.64. The monoisotopic (exact) mass is 432 g/mol. The molecule has 1 saturated heterocycles. The molecule has 5 rings (SSSR count). The summed E-state index contributed by atoms with van der Waals surface area (Å²) in [4.78, 5) is 33.2. The van der Waals surface area contributed by atoms with E-state index in [0.29, 0.717) is 43.0 Å². The fourth-order valence-electron chi connectivity index (χ4n) is 4.73. The number of likely N-dealkylation sites (tertiary alicyclic amines) is 1. The molecule has 2 aliphatic rings. The first kappa shape index (κ1) is 20.7. The number of hydrogen-bond donors (Lipinski definition) is 0. The lowest BCUT2D eigenvalue weighted by Crippen LogP contribution is -2.40. The van der Waals surface area contributed by atoms with Gasteiger partial charge in [0.15, 0.2) is 11.4 Å². The standard InChI is InChI=1S/C25H28N4O3/c1-15-22-20(14-21(16-4-5-16)26-24(22)28(2)27-15)25(31)29-12-10-18(11-13-29)23(30)17-6-8-19(32-3)9-7-17/h6-9,14,16,18H,4-5,10-13H2,1-3H3. The maximum Gasteiger partial charge on any atom is 0.254 e. The van der Waals surface area contributed by atoms with Crippen LogP contribution in [0.2, 0.25) is 0 Å². The lowest BCUT2D eigenvalue weighted by molar-refractivity contribution is 0.0651. The molecule has 7 heteroatoms. The number of aromatic nitrogens is 3. The molecular weight excluding hydrogens is 404 g/mol. The van der Waals surface area contributed by atoms with Crippen LogP contribution in [0.3, 0.4) is 0 Å². The van der Waals surface area contributed by atoms with E-state index in [1.807, 2.05) is 49.2 Å². The Balaban J connectivity index is 1.34. The molecule has 0 radical (unpaired) electrons. The Kier molecular flexibility index (Phi) is 5.19. The number of methoxy groups -OCH3 is 1. The molecule has 1 aliphatic heterocycles. The molecule has 3 aromatic rings. The number of rotatable bonds is 5. The van der Waals surface area contributed by atoms with E-state index in [4.69, 9.17) is 9.72 Å². The van der Waals surface area contributed by atoms with E-state index in [0.717, 1.165) is 41.0 Å². The third kappa shape index (κ3) is 3.66. The number of nitrogens with zero attached hydrogens (tertiary/aromatic N) is 4. The van der Waals surface area contributed by atoms with Crippen LogP contribution in [0.15, 0.2) is 30.3 Å². The maximum absolute atomic E-state index is 13.5. The predicted octanol–water partition coefficient (Wildman–Crippen LogP) is 3.90. The Morgan fingerprint density at radius 3 is 2.38 bits per heavy atom. The molecule has 7 nitrogen and oxygen atoms in total. The Morgan fingerprint density at radius 1 is 1.06 bits per heavy atom. The second kappa shape index (κ2) is 8.04. The van der Waals surface area contributed by atoms with Crippen molar-refractivity contribution in [3.63, 3.8) is 0 Å². The summed E-state index contributed by atoms with van der Waals surface area (Å²) in [5.41, 5.74) is 3.99. The third-order valence-electron chi connectivity index (χ3n) is 6.74. The summed E-state index contributed by atoms with van der Waals surface area (Å²) < 4.78 is 6.95. The Labute approximate surface area is 187 Å². The molecular formula is C25H28N4O3. The number of piperidine rings is 1. The summed E-state index contributed by atoms with van der Waals surface area (Å²) in [5.74, 6) is 1.29.